The number of halogens is 4. The van der Waals surface area contributed by atoms with Gasteiger partial charge in [-0.2, -0.15) is 13.2 Å². The van der Waals surface area contributed by atoms with Crippen molar-refractivity contribution in [1.82, 2.24) is 9.97 Å². The van der Waals surface area contributed by atoms with Gasteiger partial charge in [-0.05, 0) is 42.8 Å². The molecule has 6 rings (SSSR count). The van der Waals surface area contributed by atoms with Crippen LogP contribution in [0, 0.1) is 27.2 Å². The summed E-state index contributed by atoms with van der Waals surface area (Å²) in [7, 11) is 3.94. The highest BCUT2D eigenvalue weighted by molar-refractivity contribution is 7.14. The van der Waals surface area contributed by atoms with Crippen LogP contribution in [0.4, 0.5) is 46.2 Å². The van der Waals surface area contributed by atoms with Crippen LogP contribution in [0.25, 0.3) is 22.5 Å². The van der Waals surface area contributed by atoms with E-state index in [-0.39, 0.29) is 64.9 Å². The van der Waals surface area contributed by atoms with E-state index < -0.39 is 27.5 Å². The first-order valence-corrected chi connectivity index (χ1v) is 20.4. The van der Waals surface area contributed by atoms with E-state index in [9.17, 15) is 43.0 Å². The number of hydrogen-bond donors (Lipinski definition) is 0. The van der Waals surface area contributed by atoms with E-state index >= 15 is 0 Å². The van der Waals surface area contributed by atoms with Gasteiger partial charge in [-0.15, -0.1) is 22.7 Å². The van der Waals surface area contributed by atoms with Crippen molar-refractivity contribution in [2.75, 3.05) is 37.0 Å². The molecule has 4 aromatic carbocycles. The van der Waals surface area contributed by atoms with E-state index in [4.69, 9.17) is 4.98 Å². The third kappa shape index (κ3) is 11.8. The Hall–Kier alpha value is -5.64. The van der Waals surface area contributed by atoms with E-state index in [0.717, 1.165) is 33.9 Å². The molecule has 6 aromatic rings. The van der Waals surface area contributed by atoms with Crippen molar-refractivity contribution in [3.05, 3.63) is 139 Å². The zero-order valence-corrected chi connectivity index (χ0v) is 36.8. The van der Waals surface area contributed by atoms with Crippen LogP contribution in [0.15, 0.2) is 108 Å². The molecule has 2 amide bonds. The minimum Gasteiger partial charge on any atom is -1.00 e. The Morgan fingerprint density at radius 3 is 1.57 bits per heavy atom. The molecule has 0 aliphatic carbocycles. The van der Waals surface area contributed by atoms with Gasteiger partial charge in [0, 0.05) is 71.8 Å². The van der Waals surface area contributed by atoms with E-state index in [1.807, 2.05) is 45.3 Å². The Morgan fingerprint density at radius 2 is 1.13 bits per heavy atom. The fourth-order valence-electron chi connectivity index (χ4n) is 6.52. The zero-order chi connectivity index (χ0) is 43.2. The quantitative estimate of drug-likeness (QED) is 0.0413. The fourth-order valence-corrected chi connectivity index (χ4v) is 8.26. The van der Waals surface area contributed by atoms with Crippen molar-refractivity contribution in [2.24, 2.45) is 0 Å². The van der Waals surface area contributed by atoms with Crippen LogP contribution in [0.2, 0.25) is 0 Å². The number of alkyl halides is 3. The molecule has 0 radical (unpaired) electrons. The second kappa shape index (κ2) is 19.8. The van der Waals surface area contributed by atoms with Gasteiger partial charge >= 0.3 is 6.18 Å². The molecule has 0 spiro atoms. The molecule has 13 nitrogen and oxygen atoms in total. The lowest BCUT2D eigenvalue weighted by atomic mass is 10.1. The second-order valence-electron chi connectivity index (χ2n) is 14.6. The molecule has 2 heterocycles. The molecule has 0 saturated heterocycles. The lowest BCUT2D eigenvalue weighted by Gasteiger charge is -2.30. The lowest BCUT2D eigenvalue weighted by molar-refractivity contribution is -0.890. The number of carbonyl (C=O) groups excluding carboxylic acids is 2. The highest BCUT2D eigenvalue weighted by Crippen LogP contribution is 2.38. The average Bonchev–Trinajstić information content (AvgIpc) is 3.89. The maximum absolute atomic E-state index is 13.9. The van der Waals surface area contributed by atoms with Gasteiger partial charge in [0.1, 0.15) is 0 Å². The Kier molecular flexibility index (Phi) is 15.1. The third-order valence-electron chi connectivity index (χ3n) is 9.57. The number of rotatable bonds is 16. The number of non-ortho nitro benzene ring substituents is 2. The van der Waals surface area contributed by atoms with Crippen LogP contribution in [-0.4, -0.2) is 63.3 Å². The molecule has 0 aliphatic heterocycles. The standard InChI is InChI=1S/C42H39F3N7O6S2.HI/c1-28-10-4-14-32(22-28)48(40-46-36(26-59-40)29-11-5-16-34(23-29)50(55)56)38(53)18-8-20-52(2,3)21-9-19-39(54)49(33-15-7-13-31(25-33)42(43,44)45)41-47-37(27-60-41)30-12-6-17-35(24-30)51(57)58;/h4-7,10-17,22-27H,8-9,18-21H2,1-3H3;1H/q+1;/p-1. The summed E-state index contributed by atoms with van der Waals surface area (Å²) in [5.41, 5.74) is 2.20. The van der Waals surface area contributed by atoms with Gasteiger partial charge in [0.15, 0.2) is 10.3 Å². The Balaban J connectivity index is 0.00000704. The van der Waals surface area contributed by atoms with E-state index in [2.05, 4.69) is 4.98 Å². The Labute approximate surface area is 374 Å². The summed E-state index contributed by atoms with van der Waals surface area (Å²) in [6, 6.07) is 23.8. The van der Waals surface area contributed by atoms with E-state index in [1.165, 1.54) is 53.8 Å². The predicted octanol–water partition coefficient (Wildman–Crippen LogP) is 7.75. The summed E-state index contributed by atoms with van der Waals surface area (Å²) >= 11 is 2.28. The monoisotopic (exact) mass is 985 g/mol. The number of aryl methyl sites for hydroxylation is 1. The smallest absolute Gasteiger partial charge is 0.416 e. The van der Waals surface area contributed by atoms with Crippen molar-refractivity contribution in [2.45, 2.75) is 38.8 Å². The molecular formula is C42H39F3IN7O6S2. The first-order valence-electron chi connectivity index (χ1n) is 18.6. The van der Waals surface area contributed by atoms with Crippen molar-refractivity contribution in [1.29, 1.82) is 0 Å². The van der Waals surface area contributed by atoms with Gasteiger partial charge in [0.25, 0.3) is 11.4 Å². The highest BCUT2D eigenvalue weighted by atomic mass is 127. The first-order chi connectivity index (χ1) is 28.5. The van der Waals surface area contributed by atoms with Gasteiger partial charge < -0.3 is 28.5 Å². The molecule has 2 aromatic heterocycles. The van der Waals surface area contributed by atoms with E-state index in [1.54, 1.807) is 33.9 Å². The number of quaternary nitrogens is 1. The molecule has 0 bridgehead atoms. The molecule has 0 atom stereocenters. The van der Waals surface area contributed by atoms with Crippen LogP contribution in [-0.2, 0) is 15.8 Å². The van der Waals surface area contributed by atoms with Gasteiger partial charge in [-0.1, -0.05) is 42.5 Å². The summed E-state index contributed by atoms with van der Waals surface area (Å²) in [6.07, 6.45) is -3.66. The van der Waals surface area contributed by atoms with Gasteiger partial charge in [-0.25, -0.2) is 9.97 Å². The van der Waals surface area contributed by atoms with Crippen molar-refractivity contribution in [3.8, 4) is 22.5 Å². The van der Waals surface area contributed by atoms with E-state index in [0.29, 0.717) is 63.7 Å². The number of hydrogen-bond acceptors (Lipinski definition) is 10. The number of carbonyl (C=O) groups is 2. The molecule has 0 fully saturated rings. The van der Waals surface area contributed by atoms with Gasteiger partial charge in [0.05, 0.1) is 65.4 Å². The molecule has 61 heavy (non-hydrogen) atoms. The van der Waals surface area contributed by atoms with Gasteiger partial charge in [-0.3, -0.25) is 39.6 Å². The molecule has 0 N–H and O–H groups in total. The van der Waals surface area contributed by atoms with Crippen molar-refractivity contribution >= 4 is 67.5 Å². The predicted molar refractivity (Wildman–Crippen MR) is 226 cm³/mol. The Morgan fingerprint density at radius 1 is 0.689 bits per heavy atom. The van der Waals surface area contributed by atoms with Crippen LogP contribution in [0.3, 0.4) is 0 Å². The van der Waals surface area contributed by atoms with Crippen LogP contribution >= 0.6 is 22.7 Å². The number of amides is 2. The average molecular weight is 986 g/mol. The zero-order valence-electron chi connectivity index (χ0n) is 33.0. The Bertz CT molecular complexity index is 2550. The minimum atomic E-state index is -4.65. The number of nitrogens with zero attached hydrogens (tertiary/aromatic N) is 7. The SMILES string of the molecule is Cc1cccc(N(C(=O)CCC[N+](C)(C)CCCC(=O)N(c2cccc(C(F)(F)F)c2)c2nc(-c3cccc([N+](=O)[O-])c3)cs2)c2nc(-c3cccc([N+](=O)[O-])c3)cs2)c1.[I-]. The number of anilines is 4. The molecule has 318 valence electrons. The second-order valence-corrected chi connectivity index (χ2v) is 16.3. The fraction of sp³-hybridized carbons (Fsp3) is 0.238. The normalized spacial score (nSPS) is 11.4. The highest BCUT2D eigenvalue weighted by Gasteiger charge is 2.32. The number of aromatic nitrogens is 2. The largest absolute Gasteiger partial charge is 1.00 e. The summed E-state index contributed by atoms with van der Waals surface area (Å²) in [5, 5.41) is 26.6. The van der Waals surface area contributed by atoms with Crippen LogP contribution in [0.1, 0.15) is 36.8 Å². The van der Waals surface area contributed by atoms with Crippen molar-refractivity contribution in [3.63, 3.8) is 0 Å². The van der Waals surface area contributed by atoms with Crippen molar-refractivity contribution < 1.29 is 61.1 Å². The third-order valence-corrected chi connectivity index (χ3v) is 11.2. The number of benzene rings is 4. The number of thiazole rings is 2. The molecule has 0 unspecified atom stereocenters. The maximum atomic E-state index is 13.9. The summed E-state index contributed by atoms with van der Waals surface area (Å²) in [4.78, 5) is 61.5. The molecule has 0 aliphatic rings. The summed E-state index contributed by atoms with van der Waals surface area (Å²) in [5.74, 6) is -0.675. The van der Waals surface area contributed by atoms with Crippen LogP contribution < -0.4 is 33.8 Å². The maximum Gasteiger partial charge on any atom is 0.416 e. The molecule has 0 saturated carbocycles. The minimum absolute atomic E-state index is 0. The van der Waals surface area contributed by atoms with Gasteiger partial charge in [0.2, 0.25) is 11.8 Å². The van der Waals surface area contributed by atoms with Crippen LogP contribution in [0.5, 0.6) is 0 Å². The molecular weight excluding hydrogens is 947 g/mol. The lowest BCUT2D eigenvalue weighted by Crippen LogP contribution is -3.00. The first kappa shape index (κ1) is 46.4. The number of nitro groups is 2. The topological polar surface area (TPSA) is 153 Å². The summed E-state index contributed by atoms with van der Waals surface area (Å²) < 4.78 is 41.7. The number of nitro benzene ring substituents is 2. The summed E-state index contributed by atoms with van der Waals surface area (Å²) in [6.45, 7) is 2.99. The molecule has 19 heteroatoms.